The Morgan fingerprint density at radius 2 is 1.70 bits per heavy atom. The fraction of sp³-hybridized carbons (Fsp3) is 0.190. The summed E-state index contributed by atoms with van der Waals surface area (Å²) in [5, 5.41) is 7.02. The Labute approximate surface area is 157 Å². The summed E-state index contributed by atoms with van der Waals surface area (Å²) >= 11 is 0. The predicted octanol–water partition coefficient (Wildman–Crippen LogP) is 3.08. The molecule has 3 aromatic rings. The molecule has 6 heteroatoms. The van der Waals surface area contributed by atoms with Crippen molar-refractivity contribution in [2.45, 2.75) is 13.8 Å². The van der Waals surface area contributed by atoms with Crippen LogP contribution < -0.4 is 15.6 Å². The van der Waals surface area contributed by atoms with Crippen molar-refractivity contribution in [2.75, 3.05) is 11.9 Å². The third-order valence-corrected chi connectivity index (χ3v) is 4.18. The number of hydrogen-bond acceptors (Lipinski definition) is 4. The van der Waals surface area contributed by atoms with E-state index < -0.39 is 0 Å². The van der Waals surface area contributed by atoms with E-state index >= 15 is 0 Å². The molecule has 0 spiro atoms. The number of nitrogens with one attached hydrogen (secondary N) is 1. The normalized spacial score (nSPS) is 10.5. The van der Waals surface area contributed by atoms with Gasteiger partial charge in [-0.25, -0.2) is 4.68 Å². The predicted molar refractivity (Wildman–Crippen MR) is 105 cm³/mol. The number of ether oxygens (including phenoxy) is 1. The maximum absolute atomic E-state index is 12.2. The molecule has 0 saturated carbocycles. The van der Waals surface area contributed by atoms with Gasteiger partial charge in [0, 0.05) is 24.4 Å². The van der Waals surface area contributed by atoms with Crippen molar-refractivity contribution in [3.63, 3.8) is 0 Å². The summed E-state index contributed by atoms with van der Waals surface area (Å²) in [6, 6.07) is 16.3. The number of carbonyl (C=O) groups excluding carboxylic acids is 1. The molecule has 0 unspecified atom stereocenters. The van der Waals surface area contributed by atoms with Crippen LogP contribution in [0.2, 0.25) is 0 Å². The number of rotatable bonds is 5. The molecule has 1 amide bonds. The van der Waals surface area contributed by atoms with Crippen molar-refractivity contribution in [3.8, 4) is 17.0 Å². The minimum Gasteiger partial charge on any atom is -0.483 e. The zero-order valence-corrected chi connectivity index (χ0v) is 15.5. The zero-order valence-electron chi connectivity index (χ0n) is 15.5. The number of hydrogen-bond donors (Lipinski definition) is 1. The molecular weight excluding hydrogens is 342 g/mol. The smallest absolute Gasteiger partial charge is 0.266 e. The Balaban J connectivity index is 1.63. The van der Waals surface area contributed by atoms with Gasteiger partial charge in [0.25, 0.3) is 11.5 Å². The topological polar surface area (TPSA) is 73.2 Å². The van der Waals surface area contributed by atoms with E-state index in [2.05, 4.69) is 10.4 Å². The van der Waals surface area contributed by atoms with E-state index in [1.54, 1.807) is 25.2 Å². The molecule has 2 aromatic carbocycles. The van der Waals surface area contributed by atoms with Gasteiger partial charge in [0.05, 0.1) is 5.69 Å². The van der Waals surface area contributed by atoms with Gasteiger partial charge in [-0.05, 0) is 43.2 Å². The first-order chi connectivity index (χ1) is 12.9. The van der Waals surface area contributed by atoms with E-state index in [0.717, 1.165) is 22.4 Å². The fourth-order valence-electron chi connectivity index (χ4n) is 2.74. The molecule has 0 fully saturated rings. The van der Waals surface area contributed by atoms with Crippen LogP contribution >= 0.6 is 0 Å². The van der Waals surface area contributed by atoms with Gasteiger partial charge in [-0.15, -0.1) is 0 Å². The van der Waals surface area contributed by atoms with Crippen LogP contribution in [-0.2, 0) is 11.8 Å². The summed E-state index contributed by atoms with van der Waals surface area (Å²) in [7, 11) is 1.61. The van der Waals surface area contributed by atoms with Crippen molar-refractivity contribution >= 4 is 11.6 Å². The first kappa shape index (κ1) is 18.4. The highest BCUT2D eigenvalue weighted by atomic mass is 16.5. The molecule has 0 bridgehead atoms. The van der Waals surface area contributed by atoms with Crippen LogP contribution in [-0.4, -0.2) is 22.3 Å². The number of aromatic nitrogens is 2. The van der Waals surface area contributed by atoms with Crippen LogP contribution in [0.3, 0.4) is 0 Å². The van der Waals surface area contributed by atoms with Crippen LogP contribution in [0.15, 0.2) is 59.4 Å². The molecule has 0 radical (unpaired) electrons. The lowest BCUT2D eigenvalue weighted by Crippen LogP contribution is -2.20. The Morgan fingerprint density at radius 3 is 2.33 bits per heavy atom. The van der Waals surface area contributed by atoms with Crippen LogP contribution in [0.5, 0.6) is 5.75 Å². The molecule has 1 aromatic heterocycles. The maximum atomic E-state index is 12.2. The van der Waals surface area contributed by atoms with Gasteiger partial charge in [0.15, 0.2) is 6.61 Å². The molecule has 6 nitrogen and oxygen atoms in total. The van der Waals surface area contributed by atoms with Crippen molar-refractivity contribution < 1.29 is 9.53 Å². The summed E-state index contributed by atoms with van der Waals surface area (Å²) < 4.78 is 6.95. The summed E-state index contributed by atoms with van der Waals surface area (Å²) in [5.74, 6) is 0.509. The van der Waals surface area contributed by atoms with E-state index in [4.69, 9.17) is 4.74 Å². The van der Waals surface area contributed by atoms with Crippen molar-refractivity contribution in [1.82, 2.24) is 9.78 Å². The summed E-state index contributed by atoms with van der Waals surface area (Å²) in [4.78, 5) is 23.6. The number of anilines is 1. The van der Waals surface area contributed by atoms with Gasteiger partial charge in [0.2, 0.25) is 0 Å². The Bertz CT molecular complexity index is 1000. The van der Waals surface area contributed by atoms with Crippen molar-refractivity contribution in [3.05, 3.63) is 76.1 Å². The van der Waals surface area contributed by atoms with Crippen LogP contribution in [0.4, 0.5) is 5.69 Å². The second-order valence-electron chi connectivity index (χ2n) is 6.32. The molecule has 0 aliphatic carbocycles. The van der Waals surface area contributed by atoms with E-state index in [9.17, 15) is 9.59 Å². The summed E-state index contributed by atoms with van der Waals surface area (Å²) in [6.07, 6.45) is 0. The first-order valence-electron chi connectivity index (χ1n) is 8.58. The van der Waals surface area contributed by atoms with Crippen LogP contribution in [0.1, 0.15) is 11.1 Å². The van der Waals surface area contributed by atoms with Gasteiger partial charge in [-0.2, -0.15) is 5.10 Å². The van der Waals surface area contributed by atoms with Gasteiger partial charge < -0.3 is 10.1 Å². The number of benzene rings is 2. The van der Waals surface area contributed by atoms with Crippen molar-refractivity contribution in [1.29, 1.82) is 0 Å². The molecule has 0 aliphatic heterocycles. The molecule has 138 valence electrons. The monoisotopic (exact) mass is 363 g/mol. The highest BCUT2D eigenvalue weighted by molar-refractivity contribution is 5.92. The summed E-state index contributed by atoms with van der Waals surface area (Å²) in [5.41, 5.74) is 4.04. The standard InChI is InChI=1S/C21H21N3O3/c1-14-5-4-6-15(2)21(14)27-13-19(25)22-17-9-7-16(8-10-17)18-11-12-20(26)24(3)23-18/h4-12H,13H2,1-3H3,(H,22,25). The number of amides is 1. The molecule has 3 rings (SSSR count). The average molecular weight is 363 g/mol. The average Bonchev–Trinajstić information content (AvgIpc) is 2.64. The molecular formula is C21H21N3O3. The number of nitrogens with zero attached hydrogens (tertiary/aromatic N) is 2. The third kappa shape index (κ3) is 4.41. The van der Waals surface area contributed by atoms with E-state index in [1.807, 2.05) is 44.2 Å². The fourth-order valence-corrected chi connectivity index (χ4v) is 2.74. The van der Waals surface area contributed by atoms with E-state index in [1.165, 1.54) is 10.7 Å². The molecule has 1 heterocycles. The lowest BCUT2D eigenvalue weighted by atomic mass is 10.1. The molecule has 0 atom stereocenters. The van der Waals surface area contributed by atoms with Crippen LogP contribution in [0, 0.1) is 13.8 Å². The molecule has 1 N–H and O–H groups in total. The largest absolute Gasteiger partial charge is 0.483 e. The Hall–Kier alpha value is -3.41. The Morgan fingerprint density at radius 1 is 1.04 bits per heavy atom. The lowest BCUT2D eigenvalue weighted by Gasteiger charge is -2.12. The van der Waals surface area contributed by atoms with E-state index in [-0.39, 0.29) is 18.1 Å². The maximum Gasteiger partial charge on any atom is 0.266 e. The third-order valence-electron chi connectivity index (χ3n) is 4.18. The summed E-state index contributed by atoms with van der Waals surface area (Å²) in [6.45, 7) is 3.84. The van der Waals surface area contributed by atoms with Crippen LogP contribution in [0.25, 0.3) is 11.3 Å². The second-order valence-corrected chi connectivity index (χ2v) is 6.32. The van der Waals surface area contributed by atoms with Gasteiger partial charge in [0.1, 0.15) is 5.75 Å². The van der Waals surface area contributed by atoms with Gasteiger partial charge in [-0.1, -0.05) is 30.3 Å². The van der Waals surface area contributed by atoms with Gasteiger partial charge >= 0.3 is 0 Å². The SMILES string of the molecule is Cc1cccc(C)c1OCC(=O)Nc1ccc(-c2ccc(=O)n(C)n2)cc1. The quantitative estimate of drug-likeness (QED) is 0.756. The van der Waals surface area contributed by atoms with Crippen molar-refractivity contribution in [2.24, 2.45) is 7.05 Å². The Kier molecular flexibility index (Phi) is 5.35. The number of para-hydroxylation sites is 1. The minimum atomic E-state index is -0.231. The lowest BCUT2D eigenvalue weighted by molar-refractivity contribution is -0.118. The second kappa shape index (κ2) is 7.86. The zero-order chi connectivity index (χ0) is 19.4. The van der Waals surface area contributed by atoms with E-state index in [0.29, 0.717) is 11.4 Å². The molecule has 0 saturated heterocycles. The van der Waals surface area contributed by atoms with Gasteiger partial charge in [-0.3, -0.25) is 9.59 Å². The number of aryl methyl sites for hydroxylation is 3. The minimum absolute atomic E-state index is 0.0597. The highest BCUT2D eigenvalue weighted by Crippen LogP contribution is 2.22. The molecule has 27 heavy (non-hydrogen) atoms. The first-order valence-corrected chi connectivity index (χ1v) is 8.58. The highest BCUT2D eigenvalue weighted by Gasteiger charge is 2.08. The number of carbonyl (C=O) groups is 1. The molecule has 0 aliphatic rings.